The molecule has 6 heteroatoms. The summed E-state index contributed by atoms with van der Waals surface area (Å²) in [5.74, 6) is -1.83. The fourth-order valence-corrected chi connectivity index (χ4v) is 1.38. The van der Waals surface area contributed by atoms with E-state index < -0.39 is 23.7 Å². The predicted octanol–water partition coefficient (Wildman–Crippen LogP) is 1.04. The van der Waals surface area contributed by atoms with E-state index in [0.717, 1.165) is 0 Å². The summed E-state index contributed by atoms with van der Waals surface area (Å²) < 4.78 is 18.1. The summed E-state index contributed by atoms with van der Waals surface area (Å²) in [6, 6.07) is 4.82. The van der Waals surface area contributed by atoms with Crippen LogP contribution in [0.4, 0.5) is 10.1 Å². The van der Waals surface area contributed by atoms with E-state index in [1.807, 2.05) is 0 Å². The van der Waals surface area contributed by atoms with Crippen LogP contribution < -0.4 is 11.1 Å². The van der Waals surface area contributed by atoms with Crippen molar-refractivity contribution in [3.05, 3.63) is 30.1 Å². The number of carbonyl (C=O) groups excluding carboxylic acids is 2. The van der Waals surface area contributed by atoms with E-state index >= 15 is 0 Å². The number of carbonyl (C=O) groups is 2. The zero-order valence-corrected chi connectivity index (χ0v) is 9.98. The zero-order valence-electron chi connectivity index (χ0n) is 9.98. The molecule has 98 valence electrons. The van der Waals surface area contributed by atoms with Gasteiger partial charge in [0.05, 0.1) is 18.7 Å². The molecular weight excluding hydrogens is 239 g/mol. The third-order valence-electron chi connectivity index (χ3n) is 2.22. The highest BCUT2D eigenvalue weighted by Gasteiger charge is 2.21. The van der Waals surface area contributed by atoms with E-state index in [2.05, 4.69) is 5.32 Å². The topological polar surface area (TPSA) is 81.4 Å². The van der Waals surface area contributed by atoms with Crippen LogP contribution in [0.3, 0.4) is 0 Å². The molecule has 0 fully saturated rings. The number of nitrogens with one attached hydrogen (secondary N) is 1. The van der Waals surface area contributed by atoms with Gasteiger partial charge in [0.25, 0.3) is 0 Å². The molecule has 0 aliphatic carbocycles. The molecule has 0 aliphatic rings. The summed E-state index contributed by atoms with van der Waals surface area (Å²) in [6.07, 6.45) is -0.239. The Morgan fingerprint density at radius 1 is 1.44 bits per heavy atom. The fraction of sp³-hybridized carbons (Fsp3) is 0.333. The van der Waals surface area contributed by atoms with Gasteiger partial charge in [-0.25, -0.2) is 4.39 Å². The largest absolute Gasteiger partial charge is 0.466 e. The average Bonchev–Trinajstić information content (AvgIpc) is 2.31. The van der Waals surface area contributed by atoms with Crippen LogP contribution in [0.15, 0.2) is 24.3 Å². The lowest BCUT2D eigenvalue weighted by atomic mass is 10.1. The van der Waals surface area contributed by atoms with Gasteiger partial charge in [0.1, 0.15) is 11.9 Å². The number of benzene rings is 1. The molecule has 1 aromatic carbocycles. The highest BCUT2D eigenvalue weighted by Crippen LogP contribution is 2.14. The summed E-state index contributed by atoms with van der Waals surface area (Å²) in [6.45, 7) is 1.87. The van der Waals surface area contributed by atoms with E-state index in [4.69, 9.17) is 10.5 Å². The maximum Gasteiger partial charge on any atom is 0.308 e. The molecule has 18 heavy (non-hydrogen) atoms. The van der Waals surface area contributed by atoms with Gasteiger partial charge in [0, 0.05) is 0 Å². The van der Waals surface area contributed by atoms with Gasteiger partial charge in [-0.1, -0.05) is 12.1 Å². The SMILES string of the molecule is CCOC(=O)CC(Nc1ccccc1F)C(N)=O. The molecule has 5 nitrogen and oxygen atoms in total. The maximum atomic E-state index is 13.4. The molecule has 1 atom stereocenters. The first-order chi connectivity index (χ1) is 8.54. The first kappa shape index (κ1) is 14.0. The van der Waals surface area contributed by atoms with Gasteiger partial charge in [-0.3, -0.25) is 9.59 Å². The number of para-hydroxylation sites is 1. The summed E-state index contributed by atoms with van der Waals surface area (Å²) in [7, 11) is 0. The molecule has 0 radical (unpaired) electrons. The van der Waals surface area contributed by atoms with Gasteiger partial charge in [-0.05, 0) is 19.1 Å². The number of ether oxygens (including phenoxy) is 1. The molecule has 0 bridgehead atoms. The van der Waals surface area contributed by atoms with Crippen molar-refractivity contribution in [1.29, 1.82) is 0 Å². The number of nitrogens with two attached hydrogens (primary N) is 1. The summed E-state index contributed by atoms with van der Waals surface area (Å²) >= 11 is 0. The predicted molar refractivity (Wildman–Crippen MR) is 64.3 cm³/mol. The van der Waals surface area contributed by atoms with Crippen molar-refractivity contribution in [3.8, 4) is 0 Å². The third-order valence-corrected chi connectivity index (χ3v) is 2.22. The van der Waals surface area contributed by atoms with Gasteiger partial charge in [0.2, 0.25) is 5.91 Å². The number of hydrogen-bond acceptors (Lipinski definition) is 4. The van der Waals surface area contributed by atoms with Gasteiger partial charge < -0.3 is 15.8 Å². The van der Waals surface area contributed by atoms with Crippen molar-refractivity contribution in [2.24, 2.45) is 5.73 Å². The second-order valence-corrected chi connectivity index (χ2v) is 3.59. The monoisotopic (exact) mass is 254 g/mol. The highest BCUT2D eigenvalue weighted by atomic mass is 19.1. The molecule has 0 saturated carbocycles. The number of primary amides is 1. The summed E-state index contributed by atoms with van der Waals surface area (Å²) in [5.41, 5.74) is 5.26. The molecule has 0 aliphatic heterocycles. The lowest BCUT2D eigenvalue weighted by Crippen LogP contribution is -2.37. The number of hydrogen-bond donors (Lipinski definition) is 2. The van der Waals surface area contributed by atoms with E-state index in [0.29, 0.717) is 0 Å². The zero-order chi connectivity index (χ0) is 13.5. The van der Waals surface area contributed by atoms with Crippen LogP contribution in [-0.4, -0.2) is 24.5 Å². The molecule has 3 N–H and O–H groups in total. The van der Waals surface area contributed by atoms with Crippen LogP contribution in [0.5, 0.6) is 0 Å². The third kappa shape index (κ3) is 4.04. The van der Waals surface area contributed by atoms with Crippen LogP contribution >= 0.6 is 0 Å². The second-order valence-electron chi connectivity index (χ2n) is 3.59. The first-order valence-electron chi connectivity index (χ1n) is 5.50. The van der Waals surface area contributed by atoms with Gasteiger partial charge in [0.15, 0.2) is 0 Å². The van der Waals surface area contributed by atoms with Crippen molar-refractivity contribution in [2.45, 2.75) is 19.4 Å². The standard InChI is InChI=1S/C12H15FN2O3/c1-2-18-11(16)7-10(12(14)17)15-9-6-4-3-5-8(9)13/h3-6,10,15H,2,7H2,1H3,(H2,14,17). The molecule has 0 heterocycles. The Balaban J connectivity index is 2.72. The Kier molecular flexibility index (Phi) is 5.10. The number of amides is 1. The van der Waals surface area contributed by atoms with Crippen LogP contribution in [0, 0.1) is 5.82 Å². The Hall–Kier alpha value is -2.11. The lowest BCUT2D eigenvalue weighted by Gasteiger charge is -2.16. The Morgan fingerprint density at radius 2 is 2.11 bits per heavy atom. The summed E-state index contributed by atoms with van der Waals surface area (Å²) in [5, 5.41) is 2.59. The molecule has 0 saturated heterocycles. The van der Waals surface area contributed by atoms with E-state index in [1.165, 1.54) is 18.2 Å². The van der Waals surface area contributed by atoms with Gasteiger partial charge in [-0.2, -0.15) is 0 Å². The molecule has 1 unspecified atom stereocenters. The molecule has 1 amide bonds. The number of halogens is 1. The molecule has 1 aromatic rings. The molecule has 0 aromatic heterocycles. The smallest absolute Gasteiger partial charge is 0.308 e. The maximum absolute atomic E-state index is 13.4. The van der Waals surface area contributed by atoms with Crippen LogP contribution in [0.1, 0.15) is 13.3 Å². The number of rotatable bonds is 6. The van der Waals surface area contributed by atoms with E-state index in [9.17, 15) is 14.0 Å². The van der Waals surface area contributed by atoms with Crippen LogP contribution in [0.25, 0.3) is 0 Å². The first-order valence-corrected chi connectivity index (χ1v) is 5.50. The van der Waals surface area contributed by atoms with E-state index in [1.54, 1.807) is 13.0 Å². The minimum absolute atomic E-state index is 0.116. The Labute approximate surface area is 104 Å². The molecule has 1 rings (SSSR count). The van der Waals surface area contributed by atoms with Crippen molar-refractivity contribution in [2.75, 3.05) is 11.9 Å². The van der Waals surface area contributed by atoms with Crippen molar-refractivity contribution in [1.82, 2.24) is 0 Å². The van der Waals surface area contributed by atoms with Crippen molar-refractivity contribution >= 4 is 17.6 Å². The normalized spacial score (nSPS) is 11.7. The van der Waals surface area contributed by atoms with Crippen LogP contribution in [-0.2, 0) is 14.3 Å². The fourth-order valence-electron chi connectivity index (χ4n) is 1.38. The van der Waals surface area contributed by atoms with Crippen molar-refractivity contribution in [3.63, 3.8) is 0 Å². The minimum Gasteiger partial charge on any atom is -0.466 e. The van der Waals surface area contributed by atoms with Gasteiger partial charge >= 0.3 is 5.97 Å². The van der Waals surface area contributed by atoms with Crippen LogP contribution in [0.2, 0.25) is 0 Å². The molecule has 0 spiro atoms. The Morgan fingerprint density at radius 3 is 2.67 bits per heavy atom. The van der Waals surface area contributed by atoms with Gasteiger partial charge in [-0.15, -0.1) is 0 Å². The number of esters is 1. The lowest BCUT2D eigenvalue weighted by molar-refractivity contribution is -0.144. The molecular formula is C12H15FN2O3. The van der Waals surface area contributed by atoms with E-state index in [-0.39, 0.29) is 18.7 Å². The Bertz CT molecular complexity index is 437. The second kappa shape index (κ2) is 6.58. The summed E-state index contributed by atoms with van der Waals surface area (Å²) in [4.78, 5) is 22.5. The van der Waals surface area contributed by atoms with Crippen molar-refractivity contribution < 1.29 is 18.7 Å². The quantitative estimate of drug-likeness (QED) is 0.743. The minimum atomic E-state index is -0.999. The number of anilines is 1. The average molecular weight is 254 g/mol. The highest BCUT2D eigenvalue weighted by molar-refractivity contribution is 5.87.